The van der Waals surface area contributed by atoms with Crippen LogP contribution < -0.4 is 15.4 Å². The summed E-state index contributed by atoms with van der Waals surface area (Å²) in [6, 6.07) is 7.87. The van der Waals surface area contributed by atoms with Gasteiger partial charge in [0.2, 0.25) is 5.91 Å². The lowest BCUT2D eigenvalue weighted by Crippen LogP contribution is -2.41. The lowest BCUT2D eigenvalue weighted by molar-refractivity contribution is -0.118. The van der Waals surface area contributed by atoms with Crippen molar-refractivity contribution >= 4 is 11.9 Å². The molecule has 0 aromatic heterocycles. The standard InChI is InChI=1S/C16H23N3O3/c1-12(20)17-8-9-18-16(21)19-10-7-13(11-19)14-5-3-4-6-15(14)22-2/h3-6,13H,7-11H2,1-2H3,(H,17,20)(H,18,21). The SMILES string of the molecule is COc1ccccc1C1CCN(C(=O)NCCNC(C)=O)C1. The van der Waals surface area contributed by atoms with Gasteiger partial charge in [-0.15, -0.1) is 0 Å². The Hall–Kier alpha value is -2.24. The second-order valence-electron chi connectivity index (χ2n) is 5.39. The molecule has 1 fully saturated rings. The fourth-order valence-electron chi connectivity index (χ4n) is 2.72. The first-order valence-corrected chi connectivity index (χ1v) is 7.52. The zero-order valence-corrected chi connectivity index (χ0v) is 13.1. The second kappa shape index (κ2) is 7.68. The number of nitrogens with one attached hydrogen (secondary N) is 2. The number of carbonyl (C=O) groups excluding carboxylic acids is 2. The van der Waals surface area contributed by atoms with Crippen molar-refractivity contribution in [2.45, 2.75) is 19.3 Å². The van der Waals surface area contributed by atoms with Crippen LogP contribution in [0.2, 0.25) is 0 Å². The summed E-state index contributed by atoms with van der Waals surface area (Å²) in [5, 5.41) is 5.47. The minimum atomic E-state index is -0.0911. The van der Waals surface area contributed by atoms with Gasteiger partial charge in [0.05, 0.1) is 7.11 Å². The van der Waals surface area contributed by atoms with E-state index in [1.54, 1.807) is 7.11 Å². The molecule has 1 atom stereocenters. The molecule has 0 radical (unpaired) electrons. The molecule has 1 aromatic carbocycles. The smallest absolute Gasteiger partial charge is 0.317 e. The molecule has 120 valence electrons. The summed E-state index contributed by atoms with van der Waals surface area (Å²) in [5.41, 5.74) is 1.15. The summed E-state index contributed by atoms with van der Waals surface area (Å²) in [6.07, 6.45) is 0.930. The van der Waals surface area contributed by atoms with E-state index < -0.39 is 0 Å². The number of carbonyl (C=O) groups is 2. The van der Waals surface area contributed by atoms with Crippen molar-refractivity contribution in [2.24, 2.45) is 0 Å². The molecule has 1 aliphatic rings. The summed E-state index contributed by atoms with van der Waals surface area (Å²) in [5.74, 6) is 1.09. The molecule has 1 heterocycles. The van der Waals surface area contributed by atoms with E-state index in [9.17, 15) is 9.59 Å². The van der Waals surface area contributed by atoms with Crippen molar-refractivity contribution in [1.82, 2.24) is 15.5 Å². The van der Waals surface area contributed by atoms with Crippen molar-refractivity contribution in [3.8, 4) is 5.75 Å². The number of amides is 3. The van der Waals surface area contributed by atoms with Gasteiger partial charge in [0.15, 0.2) is 0 Å². The van der Waals surface area contributed by atoms with Crippen molar-refractivity contribution in [3.63, 3.8) is 0 Å². The minimum absolute atomic E-state index is 0.0808. The molecule has 1 saturated heterocycles. The van der Waals surface area contributed by atoms with Crippen LogP contribution in [0.15, 0.2) is 24.3 Å². The molecule has 0 spiro atoms. The van der Waals surface area contributed by atoms with Crippen molar-refractivity contribution < 1.29 is 14.3 Å². The number of nitrogens with zero attached hydrogens (tertiary/aromatic N) is 1. The maximum absolute atomic E-state index is 12.1. The van der Waals surface area contributed by atoms with Gasteiger partial charge in [-0.3, -0.25) is 4.79 Å². The Morgan fingerprint density at radius 2 is 2.00 bits per heavy atom. The monoisotopic (exact) mass is 305 g/mol. The minimum Gasteiger partial charge on any atom is -0.496 e. The Kier molecular flexibility index (Phi) is 5.63. The highest BCUT2D eigenvalue weighted by molar-refractivity contribution is 5.75. The highest BCUT2D eigenvalue weighted by Crippen LogP contribution is 2.33. The molecule has 1 unspecified atom stereocenters. The first kappa shape index (κ1) is 16.1. The third-order valence-electron chi connectivity index (χ3n) is 3.83. The second-order valence-corrected chi connectivity index (χ2v) is 5.39. The van der Waals surface area contributed by atoms with E-state index >= 15 is 0 Å². The number of methoxy groups -OCH3 is 1. The summed E-state index contributed by atoms with van der Waals surface area (Å²) < 4.78 is 5.40. The molecule has 6 nitrogen and oxygen atoms in total. The largest absolute Gasteiger partial charge is 0.496 e. The Labute approximate surface area is 130 Å². The Bertz CT molecular complexity index is 533. The van der Waals surface area contributed by atoms with Crippen LogP contribution in [-0.4, -0.2) is 50.1 Å². The number of ether oxygens (including phenoxy) is 1. The van der Waals surface area contributed by atoms with Crippen LogP contribution in [-0.2, 0) is 4.79 Å². The van der Waals surface area contributed by atoms with Crippen molar-refractivity contribution in [1.29, 1.82) is 0 Å². The van der Waals surface area contributed by atoms with Gasteiger partial charge in [0.25, 0.3) is 0 Å². The van der Waals surface area contributed by atoms with Gasteiger partial charge in [-0.25, -0.2) is 4.79 Å². The number of urea groups is 1. The quantitative estimate of drug-likeness (QED) is 0.806. The lowest BCUT2D eigenvalue weighted by atomic mass is 9.97. The summed E-state index contributed by atoms with van der Waals surface area (Å²) >= 11 is 0. The van der Waals surface area contributed by atoms with Gasteiger partial charge in [-0.1, -0.05) is 18.2 Å². The third-order valence-corrected chi connectivity index (χ3v) is 3.83. The van der Waals surface area contributed by atoms with Crippen LogP contribution >= 0.6 is 0 Å². The molecule has 1 aromatic rings. The third kappa shape index (κ3) is 4.13. The molecule has 2 N–H and O–H groups in total. The molecular formula is C16H23N3O3. The molecular weight excluding hydrogens is 282 g/mol. The van der Waals surface area contributed by atoms with E-state index in [0.29, 0.717) is 25.6 Å². The first-order valence-electron chi connectivity index (χ1n) is 7.52. The Balaban J connectivity index is 1.84. The highest BCUT2D eigenvalue weighted by atomic mass is 16.5. The summed E-state index contributed by atoms with van der Waals surface area (Å²) in [7, 11) is 1.67. The van der Waals surface area contributed by atoms with E-state index in [0.717, 1.165) is 24.3 Å². The van der Waals surface area contributed by atoms with Gasteiger partial charge >= 0.3 is 6.03 Å². The first-order chi connectivity index (χ1) is 10.6. The molecule has 0 bridgehead atoms. The number of para-hydroxylation sites is 1. The molecule has 22 heavy (non-hydrogen) atoms. The van der Waals surface area contributed by atoms with E-state index in [2.05, 4.69) is 16.7 Å². The molecule has 3 amide bonds. The number of hydrogen-bond acceptors (Lipinski definition) is 3. The molecule has 2 rings (SSSR count). The van der Waals surface area contributed by atoms with Crippen molar-refractivity contribution in [3.05, 3.63) is 29.8 Å². The van der Waals surface area contributed by atoms with E-state index in [4.69, 9.17) is 4.74 Å². The highest BCUT2D eigenvalue weighted by Gasteiger charge is 2.28. The normalized spacial score (nSPS) is 17.2. The summed E-state index contributed by atoms with van der Waals surface area (Å²) in [6.45, 7) is 3.76. The van der Waals surface area contributed by atoms with Crippen LogP contribution in [0.25, 0.3) is 0 Å². The van der Waals surface area contributed by atoms with Gasteiger partial charge in [0, 0.05) is 39.0 Å². The van der Waals surface area contributed by atoms with Crippen LogP contribution in [0.5, 0.6) is 5.75 Å². The van der Waals surface area contributed by atoms with Crippen LogP contribution in [0.1, 0.15) is 24.8 Å². The molecule has 0 saturated carbocycles. The zero-order chi connectivity index (χ0) is 15.9. The number of rotatable bonds is 5. The number of benzene rings is 1. The maximum atomic E-state index is 12.1. The van der Waals surface area contributed by atoms with Gasteiger partial charge < -0.3 is 20.3 Å². The predicted molar refractivity (Wildman–Crippen MR) is 84.0 cm³/mol. The van der Waals surface area contributed by atoms with Crippen LogP contribution in [0, 0.1) is 0 Å². The van der Waals surface area contributed by atoms with Crippen LogP contribution in [0.3, 0.4) is 0 Å². The number of hydrogen-bond donors (Lipinski definition) is 2. The Morgan fingerprint density at radius 3 is 2.73 bits per heavy atom. The maximum Gasteiger partial charge on any atom is 0.317 e. The Morgan fingerprint density at radius 1 is 1.27 bits per heavy atom. The molecule has 1 aliphatic heterocycles. The topological polar surface area (TPSA) is 70.7 Å². The predicted octanol–water partition coefficient (Wildman–Crippen LogP) is 1.33. The van der Waals surface area contributed by atoms with Crippen molar-refractivity contribution in [2.75, 3.05) is 33.3 Å². The van der Waals surface area contributed by atoms with Gasteiger partial charge in [0.1, 0.15) is 5.75 Å². The molecule has 6 heteroatoms. The lowest BCUT2D eigenvalue weighted by Gasteiger charge is -2.18. The number of likely N-dealkylation sites (tertiary alicyclic amines) is 1. The fourth-order valence-corrected chi connectivity index (χ4v) is 2.72. The van der Waals surface area contributed by atoms with Gasteiger partial charge in [-0.05, 0) is 18.1 Å². The average Bonchev–Trinajstić information content (AvgIpc) is 3.01. The van der Waals surface area contributed by atoms with Gasteiger partial charge in [-0.2, -0.15) is 0 Å². The van der Waals surface area contributed by atoms with E-state index in [1.807, 2.05) is 23.1 Å². The van der Waals surface area contributed by atoms with E-state index in [1.165, 1.54) is 6.92 Å². The molecule has 0 aliphatic carbocycles. The fraction of sp³-hybridized carbons (Fsp3) is 0.500. The zero-order valence-electron chi connectivity index (χ0n) is 13.1. The van der Waals surface area contributed by atoms with E-state index in [-0.39, 0.29) is 11.9 Å². The average molecular weight is 305 g/mol. The van der Waals surface area contributed by atoms with Crippen LogP contribution in [0.4, 0.5) is 4.79 Å². The summed E-state index contributed by atoms with van der Waals surface area (Å²) in [4.78, 5) is 24.7.